The number of hydrogen-bond acceptors (Lipinski definition) is 4. The maximum Gasteiger partial charge on any atom is 0.254 e. The number of benzene rings is 1. The van der Waals surface area contributed by atoms with Crippen LogP contribution in [0.1, 0.15) is 41.6 Å². The van der Waals surface area contributed by atoms with Crippen molar-refractivity contribution in [2.75, 3.05) is 25.1 Å². The molecule has 1 aliphatic heterocycles. The van der Waals surface area contributed by atoms with E-state index in [1.807, 2.05) is 17.9 Å². The summed E-state index contributed by atoms with van der Waals surface area (Å²) in [4.78, 5) is 14.7. The van der Waals surface area contributed by atoms with E-state index >= 15 is 0 Å². The Morgan fingerprint density at radius 2 is 2.13 bits per heavy atom. The van der Waals surface area contributed by atoms with Crippen LogP contribution in [-0.4, -0.2) is 44.6 Å². The fraction of sp³-hybridized carbons (Fsp3) is 0.562. The fourth-order valence-corrected chi connectivity index (χ4v) is 3.49. The van der Waals surface area contributed by atoms with E-state index < -0.39 is 10.0 Å². The number of aryl methyl sites for hydroxylation is 1. The van der Waals surface area contributed by atoms with Crippen molar-refractivity contribution >= 4 is 21.6 Å². The Labute approximate surface area is 138 Å². The van der Waals surface area contributed by atoms with Crippen LogP contribution in [0.4, 0.5) is 5.69 Å². The normalized spacial score (nSPS) is 18.9. The molecule has 1 saturated heterocycles. The van der Waals surface area contributed by atoms with Gasteiger partial charge in [-0.2, -0.15) is 0 Å². The van der Waals surface area contributed by atoms with Crippen LogP contribution in [0, 0.1) is 6.92 Å². The zero-order chi connectivity index (χ0) is 17.0. The highest BCUT2D eigenvalue weighted by Crippen LogP contribution is 2.24. The molecule has 0 aliphatic carbocycles. The average molecular weight is 339 g/mol. The summed E-state index contributed by atoms with van der Waals surface area (Å²) in [6.07, 6.45) is 4.71. The average Bonchev–Trinajstić information content (AvgIpc) is 2.48. The van der Waals surface area contributed by atoms with Gasteiger partial charge in [0.1, 0.15) is 0 Å². The van der Waals surface area contributed by atoms with Crippen LogP contribution in [-0.2, 0) is 10.0 Å². The third-order valence-corrected chi connectivity index (χ3v) is 4.95. The zero-order valence-corrected chi connectivity index (χ0v) is 14.5. The lowest BCUT2D eigenvalue weighted by atomic mass is 9.97. The summed E-state index contributed by atoms with van der Waals surface area (Å²) in [5, 5.41) is 0. The Kier molecular flexibility index (Phi) is 5.64. The van der Waals surface area contributed by atoms with E-state index in [1.54, 1.807) is 12.1 Å². The lowest BCUT2D eigenvalue weighted by Crippen LogP contribution is -2.45. The molecule has 0 spiro atoms. The topological polar surface area (TPSA) is 92.5 Å². The number of carbonyl (C=O) groups is 1. The second-order valence-electron chi connectivity index (χ2n) is 6.18. The largest absolute Gasteiger partial charge is 0.399 e. The Bertz CT molecular complexity index is 673. The Balaban J connectivity index is 2.11. The number of rotatable bonds is 5. The standard InChI is InChI=1S/C16H25N3O3S/c1-12-6-7-13(17)11-15(12)16(20)19-10-4-3-5-14(19)8-9-18-23(2,21)22/h6-7,11,14,18H,3-5,8-10,17H2,1-2H3. The monoisotopic (exact) mass is 339 g/mol. The number of sulfonamides is 1. The molecular weight excluding hydrogens is 314 g/mol. The van der Waals surface area contributed by atoms with Crippen molar-refractivity contribution in [2.45, 2.75) is 38.6 Å². The van der Waals surface area contributed by atoms with Gasteiger partial charge in [-0.15, -0.1) is 0 Å². The van der Waals surface area contributed by atoms with Gasteiger partial charge in [0.25, 0.3) is 5.91 Å². The van der Waals surface area contributed by atoms with Crippen LogP contribution in [0.2, 0.25) is 0 Å². The van der Waals surface area contributed by atoms with Crippen LogP contribution in [0.5, 0.6) is 0 Å². The molecule has 0 bridgehead atoms. The summed E-state index contributed by atoms with van der Waals surface area (Å²) < 4.78 is 24.9. The molecule has 128 valence electrons. The fourth-order valence-electron chi connectivity index (χ4n) is 3.00. The van der Waals surface area contributed by atoms with Crippen LogP contribution >= 0.6 is 0 Å². The van der Waals surface area contributed by atoms with E-state index in [1.165, 1.54) is 0 Å². The predicted molar refractivity (Wildman–Crippen MR) is 91.7 cm³/mol. The maximum atomic E-state index is 12.9. The van der Waals surface area contributed by atoms with Crippen molar-refractivity contribution < 1.29 is 13.2 Å². The number of nitrogens with zero attached hydrogens (tertiary/aromatic N) is 1. The molecule has 6 nitrogen and oxygen atoms in total. The molecule has 7 heteroatoms. The molecule has 1 fully saturated rings. The molecule has 1 aromatic carbocycles. The molecular formula is C16H25N3O3S. The van der Waals surface area contributed by atoms with Gasteiger partial charge in [-0.3, -0.25) is 4.79 Å². The molecule has 1 unspecified atom stereocenters. The summed E-state index contributed by atoms with van der Waals surface area (Å²) in [5.74, 6) is -0.0149. The SMILES string of the molecule is Cc1ccc(N)cc1C(=O)N1CCCCC1CCNS(C)(=O)=O. The van der Waals surface area contributed by atoms with E-state index in [4.69, 9.17) is 5.73 Å². The number of anilines is 1. The lowest BCUT2D eigenvalue weighted by Gasteiger charge is -2.36. The van der Waals surface area contributed by atoms with Crippen molar-refractivity contribution in [3.63, 3.8) is 0 Å². The van der Waals surface area contributed by atoms with Gasteiger partial charge in [0.05, 0.1) is 6.26 Å². The van der Waals surface area contributed by atoms with Gasteiger partial charge >= 0.3 is 0 Å². The third kappa shape index (κ3) is 4.94. The molecule has 1 aliphatic rings. The molecule has 0 saturated carbocycles. The van der Waals surface area contributed by atoms with Gasteiger partial charge in [-0.25, -0.2) is 13.1 Å². The highest BCUT2D eigenvalue weighted by atomic mass is 32.2. The van der Waals surface area contributed by atoms with E-state index in [2.05, 4.69) is 4.72 Å². The van der Waals surface area contributed by atoms with Gasteiger partial charge in [-0.05, 0) is 50.3 Å². The van der Waals surface area contributed by atoms with Crippen LogP contribution < -0.4 is 10.5 Å². The second-order valence-corrected chi connectivity index (χ2v) is 8.01. The summed E-state index contributed by atoms with van der Waals surface area (Å²) in [5.41, 5.74) is 7.92. The predicted octanol–water partition coefficient (Wildman–Crippen LogP) is 1.51. The minimum Gasteiger partial charge on any atom is -0.399 e. The summed E-state index contributed by atoms with van der Waals surface area (Å²) in [6.45, 7) is 2.96. The van der Waals surface area contributed by atoms with Crippen molar-refractivity contribution in [1.29, 1.82) is 0 Å². The molecule has 1 heterocycles. The summed E-state index contributed by atoms with van der Waals surface area (Å²) in [7, 11) is -3.20. The molecule has 23 heavy (non-hydrogen) atoms. The van der Waals surface area contributed by atoms with Crippen LogP contribution in [0.25, 0.3) is 0 Å². The number of piperidine rings is 1. The first kappa shape index (κ1) is 17.7. The smallest absolute Gasteiger partial charge is 0.254 e. The number of nitrogen functional groups attached to an aromatic ring is 1. The Morgan fingerprint density at radius 3 is 2.83 bits per heavy atom. The van der Waals surface area contributed by atoms with Gasteiger partial charge in [0, 0.05) is 30.4 Å². The molecule has 2 rings (SSSR count). The van der Waals surface area contributed by atoms with Crippen LogP contribution in [0.15, 0.2) is 18.2 Å². The molecule has 1 atom stereocenters. The highest BCUT2D eigenvalue weighted by molar-refractivity contribution is 7.88. The van der Waals surface area contributed by atoms with Crippen molar-refractivity contribution in [3.8, 4) is 0 Å². The summed E-state index contributed by atoms with van der Waals surface area (Å²) in [6, 6.07) is 5.42. The molecule has 1 aromatic rings. The Morgan fingerprint density at radius 1 is 1.39 bits per heavy atom. The van der Waals surface area contributed by atoms with Crippen molar-refractivity contribution in [3.05, 3.63) is 29.3 Å². The first-order chi connectivity index (χ1) is 10.8. The van der Waals surface area contributed by atoms with Gasteiger partial charge in [0.15, 0.2) is 0 Å². The lowest BCUT2D eigenvalue weighted by molar-refractivity contribution is 0.0603. The van der Waals surface area contributed by atoms with E-state index in [0.29, 0.717) is 30.8 Å². The van der Waals surface area contributed by atoms with Crippen molar-refractivity contribution in [1.82, 2.24) is 9.62 Å². The number of amides is 1. The van der Waals surface area contributed by atoms with Gasteiger partial charge in [-0.1, -0.05) is 6.07 Å². The summed E-state index contributed by atoms with van der Waals surface area (Å²) >= 11 is 0. The number of nitrogens with one attached hydrogen (secondary N) is 1. The molecule has 1 amide bonds. The quantitative estimate of drug-likeness (QED) is 0.795. The number of nitrogens with two attached hydrogens (primary N) is 1. The number of hydrogen-bond donors (Lipinski definition) is 2. The van der Waals surface area contributed by atoms with Crippen molar-refractivity contribution in [2.24, 2.45) is 0 Å². The number of carbonyl (C=O) groups excluding carboxylic acids is 1. The maximum absolute atomic E-state index is 12.9. The van der Waals surface area contributed by atoms with E-state index in [-0.39, 0.29) is 11.9 Å². The second kappa shape index (κ2) is 7.31. The minimum absolute atomic E-state index is 0.0149. The zero-order valence-electron chi connectivity index (χ0n) is 13.7. The molecule has 3 N–H and O–H groups in total. The molecule has 0 radical (unpaired) electrons. The van der Waals surface area contributed by atoms with E-state index in [9.17, 15) is 13.2 Å². The number of likely N-dealkylation sites (tertiary alicyclic amines) is 1. The van der Waals surface area contributed by atoms with Gasteiger partial charge in [0.2, 0.25) is 10.0 Å². The minimum atomic E-state index is -3.20. The first-order valence-corrected chi connectivity index (χ1v) is 9.79. The Hall–Kier alpha value is -1.60. The highest BCUT2D eigenvalue weighted by Gasteiger charge is 2.28. The van der Waals surface area contributed by atoms with E-state index in [0.717, 1.165) is 31.1 Å². The van der Waals surface area contributed by atoms with Gasteiger partial charge < -0.3 is 10.6 Å². The molecule has 0 aromatic heterocycles. The third-order valence-electron chi connectivity index (χ3n) is 4.22. The van der Waals surface area contributed by atoms with Crippen LogP contribution in [0.3, 0.4) is 0 Å². The first-order valence-electron chi connectivity index (χ1n) is 7.89.